The van der Waals surface area contributed by atoms with Crippen LogP contribution in [0.2, 0.25) is 20.1 Å². The molecule has 19 heavy (non-hydrogen) atoms. The Morgan fingerprint density at radius 2 is 1.37 bits per heavy atom. The molecule has 0 radical (unpaired) electrons. The van der Waals surface area contributed by atoms with Crippen LogP contribution in [0.1, 0.15) is 17.2 Å². The summed E-state index contributed by atoms with van der Waals surface area (Å²) in [5.41, 5.74) is 7.77. The lowest BCUT2D eigenvalue weighted by molar-refractivity contribution is 0.722. The van der Waals surface area contributed by atoms with Gasteiger partial charge in [-0.1, -0.05) is 64.6 Å². The summed E-state index contributed by atoms with van der Waals surface area (Å²) in [7, 11) is 0. The summed E-state index contributed by atoms with van der Waals surface area (Å²) in [5.74, 6) is 0. The first kappa shape index (κ1) is 15.0. The van der Waals surface area contributed by atoms with Gasteiger partial charge in [0.1, 0.15) is 0 Å². The molecule has 2 aromatic carbocycles. The van der Waals surface area contributed by atoms with Crippen LogP contribution in [0.3, 0.4) is 0 Å². The maximum absolute atomic E-state index is 6.18. The van der Waals surface area contributed by atoms with Gasteiger partial charge in [-0.2, -0.15) is 0 Å². The first-order chi connectivity index (χ1) is 9.00. The minimum Gasteiger partial charge on any atom is -0.324 e. The van der Waals surface area contributed by atoms with E-state index in [1.54, 1.807) is 24.3 Å². The van der Waals surface area contributed by atoms with Crippen LogP contribution < -0.4 is 5.73 Å². The Bertz CT molecular complexity index is 578. The lowest BCUT2D eigenvalue weighted by Gasteiger charge is -2.16. The summed E-state index contributed by atoms with van der Waals surface area (Å²) < 4.78 is 0. The highest BCUT2D eigenvalue weighted by molar-refractivity contribution is 6.42. The maximum Gasteiger partial charge on any atom is 0.0624 e. The molecular formula is C14H11Cl4N. The third-order valence-corrected chi connectivity index (χ3v) is 4.36. The second-order valence-corrected chi connectivity index (χ2v) is 5.76. The van der Waals surface area contributed by atoms with Crippen LogP contribution in [-0.4, -0.2) is 0 Å². The van der Waals surface area contributed by atoms with Gasteiger partial charge in [-0.15, -0.1) is 0 Å². The van der Waals surface area contributed by atoms with Gasteiger partial charge in [-0.25, -0.2) is 0 Å². The van der Waals surface area contributed by atoms with E-state index in [4.69, 9.17) is 52.1 Å². The molecule has 0 amide bonds. The Labute approximate surface area is 132 Å². The molecular weight excluding hydrogens is 324 g/mol. The molecule has 0 spiro atoms. The molecule has 0 saturated carbocycles. The minimum atomic E-state index is -0.336. The molecule has 100 valence electrons. The average Bonchev–Trinajstić information content (AvgIpc) is 2.35. The molecule has 2 aromatic rings. The number of hydrogen-bond acceptors (Lipinski definition) is 1. The fourth-order valence-electron chi connectivity index (χ4n) is 1.91. The van der Waals surface area contributed by atoms with Gasteiger partial charge in [0.2, 0.25) is 0 Å². The molecule has 1 unspecified atom stereocenters. The highest BCUT2D eigenvalue weighted by Crippen LogP contribution is 2.33. The van der Waals surface area contributed by atoms with E-state index in [0.29, 0.717) is 26.5 Å². The molecule has 1 nitrogen and oxygen atoms in total. The van der Waals surface area contributed by atoms with Crippen molar-refractivity contribution in [3.63, 3.8) is 0 Å². The highest BCUT2D eigenvalue weighted by atomic mass is 35.5. The lowest BCUT2D eigenvalue weighted by Crippen LogP contribution is -2.14. The van der Waals surface area contributed by atoms with Crippen LogP contribution in [0.4, 0.5) is 0 Å². The SMILES string of the molecule is NC(Cc1cccc(Cl)c1Cl)c1c(Cl)cccc1Cl. The third kappa shape index (κ3) is 3.36. The lowest BCUT2D eigenvalue weighted by atomic mass is 9.99. The van der Waals surface area contributed by atoms with E-state index in [9.17, 15) is 0 Å². The molecule has 0 heterocycles. The van der Waals surface area contributed by atoms with Crippen molar-refractivity contribution in [3.8, 4) is 0 Å². The largest absolute Gasteiger partial charge is 0.324 e. The van der Waals surface area contributed by atoms with Crippen LogP contribution >= 0.6 is 46.4 Å². The molecule has 5 heteroatoms. The van der Waals surface area contributed by atoms with Crippen molar-refractivity contribution < 1.29 is 0 Å². The van der Waals surface area contributed by atoms with Crippen LogP contribution in [0.15, 0.2) is 36.4 Å². The fourth-order valence-corrected chi connectivity index (χ4v) is 2.99. The number of halogens is 4. The summed E-state index contributed by atoms with van der Waals surface area (Å²) >= 11 is 24.4. The summed E-state index contributed by atoms with van der Waals surface area (Å²) in [5, 5.41) is 2.13. The zero-order valence-electron chi connectivity index (χ0n) is 9.84. The Balaban J connectivity index is 2.31. The van der Waals surface area contributed by atoms with Gasteiger partial charge in [0, 0.05) is 21.7 Å². The normalized spacial score (nSPS) is 12.5. The molecule has 0 aliphatic heterocycles. The summed E-state index contributed by atoms with van der Waals surface area (Å²) in [6.45, 7) is 0. The summed E-state index contributed by atoms with van der Waals surface area (Å²) in [6.07, 6.45) is 0.517. The average molecular weight is 335 g/mol. The molecule has 0 aliphatic carbocycles. The molecule has 2 N–H and O–H groups in total. The van der Waals surface area contributed by atoms with Gasteiger partial charge in [0.05, 0.1) is 10.0 Å². The summed E-state index contributed by atoms with van der Waals surface area (Å²) in [4.78, 5) is 0. The molecule has 0 bridgehead atoms. The molecule has 1 atom stereocenters. The van der Waals surface area contributed by atoms with Crippen LogP contribution in [0.25, 0.3) is 0 Å². The van der Waals surface area contributed by atoms with E-state index < -0.39 is 0 Å². The molecule has 0 aromatic heterocycles. The second-order valence-electron chi connectivity index (χ2n) is 4.16. The minimum absolute atomic E-state index is 0.336. The van der Waals surface area contributed by atoms with Gasteiger partial charge >= 0.3 is 0 Å². The predicted molar refractivity (Wildman–Crippen MR) is 83.6 cm³/mol. The van der Waals surface area contributed by atoms with Gasteiger partial charge in [0.25, 0.3) is 0 Å². The quantitative estimate of drug-likeness (QED) is 0.783. The number of nitrogens with two attached hydrogens (primary N) is 1. The zero-order valence-corrected chi connectivity index (χ0v) is 12.9. The van der Waals surface area contributed by atoms with E-state index in [1.165, 1.54) is 0 Å². The first-order valence-electron chi connectivity index (χ1n) is 5.63. The van der Waals surface area contributed by atoms with Crippen molar-refractivity contribution in [3.05, 3.63) is 67.6 Å². The Morgan fingerprint density at radius 1 is 0.842 bits per heavy atom. The zero-order chi connectivity index (χ0) is 14.0. The van der Waals surface area contributed by atoms with E-state index in [2.05, 4.69) is 0 Å². The van der Waals surface area contributed by atoms with Crippen molar-refractivity contribution in [1.29, 1.82) is 0 Å². The maximum atomic E-state index is 6.18. The molecule has 2 rings (SSSR count). The van der Waals surface area contributed by atoms with Crippen LogP contribution in [0.5, 0.6) is 0 Å². The first-order valence-corrected chi connectivity index (χ1v) is 7.14. The second kappa shape index (κ2) is 6.34. The number of hydrogen-bond donors (Lipinski definition) is 1. The van der Waals surface area contributed by atoms with Gasteiger partial charge < -0.3 is 5.73 Å². The number of benzene rings is 2. The van der Waals surface area contributed by atoms with Crippen LogP contribution in [-0.2, 0) is 6.42 Å². The van der Waals surface area contributed by atoms with Gasteiger partial charge in [-0.3, -0.25) is 0 Å². The Hall–Kier alpha value is -0.440. The summed E-state index contributed by atoms with van der Waals surface area (Å²) in [6, 6.07) is 10.4. The number of rotatable bonds is 3. The van der Waals surface area contributed by atoms with Crippen molar-refractivity contribution in [1.82, 2.24) is 0 Å². The van der Waals surface area contributed by atoms with E-state index in [1.807, 2.05) is 12.1 Å². The molecule has 0 saturated heterocycles. The third-order valence-electron chi connectivity index (χ3n) is 2.84. The highest BCUT2D eigenvalue weighted by Gasteiger charge is 2.16. The molecule has 0 fully saturated rings. The Kier molecular flexibility index (Phi) is 4.99. The van der Waals surface area contributed by atoms with Gasteiger partial charge in [-0.05, 0) is 30.2 Å². The van der Waals surface area contributed by atoms with Crippen molar-refractivity contribution >= 4 is 46.4 Å². The predicted octanol–water partition coefficient (Wildman–Crippen LogP) is 5.54. The van der Waals surface area contributed by atoms with Crippen molar-refractivity contribution in [2.75, 3.05) is 0 Å². The monoisotopic (exact) mass is 333 g/mol. The van der Waals surface area contributed by atoms with E-state index in [-0.39, 0.29) is 6.04 Å². The molecule has 0 aliphatic rings. The fraction of sp³-hybridized carbons (Fsp3) is 0.143. The van der Waals surface area contributed by atoms with Crippen molar-refractivity contribution in [2.24, 2.45) is 5.73 Å². The smallest absolute Gasteiger partial charge is 0.0624 e. The Morgan fingerprint density at radius 3 is 2.00 bits per heavy atom. The van der Waals surface area contributed by atoms with Crippen molar-refractivity contribution in [2.45, 2.75) is 12.5 Å². The van der Waals surface area contributed by atoms with Crippen LogP contribution in [0, 0.1) is 0 Å². The van der Waals surface area contributed by atoms with E-state index in [0.717, 1.165) is 11.1 Å². The van der Waals surface area contributed by atoms with Gasteiger partial charge in [0.15, 0.2) is 0 Å². The standard InChI is InChI=1S/C14H11Cl4N/c15-9-4-2-5-10(16)13(9)12(19)7-8-3-1-6-11(17)14(8)18/h1-6,12H,7,19H2. The topological polar surface area (TPSA) is 26.0 Å². The van der Waals surface area contributed by atoms with E-state index >= 15 is 0 Å².